The lowest BCUT2D eigenvalue weighted by atomic mass is 10.2. The number of aromatic nitrogens is 1. The van der Waals surface area contributed by atoms with E-state index in [4.69, 9.17) is 4.42 Å². The second kappa shape index (κ2) is 3.20. The Hall–Kier alpha value is -1.32. The molecule has 4 nitrogen and oxygen atoms in total. The SMILES string of the molecule is Cc1ncoc1CC(=O)NC1CC1. The summed E-state index contributed by atoms with van der Waals surface area (Å²) >= 11 is 0. The average molecular weight is 180 g/mol. The van der Waals surface area contributed by atoms with Gasteiger partial charge in [0, 0.05) is 6.04 Å². The van der Waals surface area contributed by atoms with Crippen LogP contribution in [0.25, 0.3) is 0 Å². The number of aryl methyl sites for hydroxylation is 1. The Morgan fingerprint density at radius 1 is 1.77 bits per heavy atom. The zero-order chi connectivity index (χ0) is 9.26. The van der Waals surface area contributed by atoms with Gasteiger partial charge in [-0.3, -0.25) is 4.79 Å². The summed E-state index contributed by atoms with van der Waals surface area (Å²) in [5.74, 6) is 0.695. The summed E-state index contributed by atoms with van der Waals surface area (Å²) in [5.41, 5.74) is 0.797. The first-order chi connectivity index (χ1) is 6.25. The van der Waals surface area contributed by atoms with Gasteiger partial charge in [-0.1, -0.05) is 0 Å². The molecule has 1 aliphatic rings. The number of nitrogens with one attached hydrogen (secondary N) is 1. The van der Waals surface area contributed by atoms with Crippen LogP contribution in [0.1, 0.15) is 24.3 Å². The molecule has 0 radical (unpaired) electrons. The first kappa shape index (κ1) is 8.29. The highest BCUT2D eigenvalue weighted by Gasteiger charge is 2.23. The van der Waals surface area contributed by atoms with Gasteiger partial charge < -0.3 is 9.73 Å². The molecule has 4 heteroatoms. The Kier molecular flexibility index (Phi) is 2.04. The lowest BCUT2D eigenvalue weighted by Crippen LogP contribution is -2.27. The number of carbonyl (C=O) groups is 1. The molecule has 70 valence electrons. The molecule has 1 amide bonds. The van der Waals surface area contributed by atoms with Crippen LogP contribution >= 0.6 is 0 Å². The monoisotopic (exact) mass is 180 g/mol. The van der Waals surface area contributed by atoms with E-state index in [0.29, 0.717) is 18.2 Å². The molecule has 13 heavy (non-hydrogen) atoms. The Bertz CT molecular complexity index is 315. The van der Waals surface area contributed by atoms with Gasteiger partial charge in [0.25, 0.3) is 0 Å². The van der Waals surface area contributed by atoms with Crippen LogP contribution in [0.4, 0.5) is 0 Å². The van der Waals surface area contributed by atoms with Gasteiger partial charge >= 0.3 is 0 Å². The molecular weight excluding hydrogens is 168 g/mol. The lowest BCUT2D eigenvalue weighted by Gasteiger charge is -2.00. The molecule has 0 bridgehead atoms. The molecule has 1 fully saturated rings. The van der Waals surface area contributed by atoms with Gasteiger partial charge in [0.2, 0.25) is 5.91 Å². The van der Waals surface area contributed by atoms with Crippen molar-refractivity contribution >= 4 is 5.91 Å². The summed E-state index contributed by atoms with van der Waals surface area (Å²) in [7, 11) is 0. The van der Waals surface area contributed by atoms with Crippen molar-refractivity contribution in [2.45, 2.75) is 32.2 Å². The number of rotatable bonds is 3. The lowest BCUT2D eigenvalue weighted by molar-refractivity contribution is -0.120. The Morgan fingerprint density at radius 2 is 2.54 bits per heavy atom. The van der Waals surface area contributed by atoms with Crippen LogP contribution in [0, 0.1) is 6.92 Å². The molecule has 1 heterocycles. The molecule has 0 unspecified atom stereocenters. The summed E-state index contributed by atoms with van der Waals surface area (Å²) in [4.78, 5) is 15.2. The molecule has 1 aromatic heterocycles. The topological polar surface area (TPSA) is 55.1 Å². The van der Waals surface area contributed by atoms with Crippen LogP contribution in [0.15, 0.2) is 10.8 Å². The van der Waals surface area contributed by atoms with Crippen LogP contribution < -0.4 is 5.32 Å². The van der Waals surface area contributed by atoms with E-state index in [9.17, 15) is 4.79 Å². The molecular formula is C9H12N2O2. The second-order valence-corrected chi connectivity index (χ2v) is 3.38. The Balaban J connectivity index is 1.89. The number of hydrogen-bond acceptors (Lipinski definition) is 3. The molecule has 0 atom stereocenters. The third-order valence-corrected chi connectivity index (χ3v) is 2.11. The maximum atomic E-state index is 11.3. The first-order valence-corrected chi connectivity index (χ1v) is 4.44. The average Bonchev–Trinajstić information content (AvgIpc) is 2.79. The predicted octanol–water partition coefficient (Wildman–Crippen LogP) is 0.804. The van der Waals surface area contributed by atoms with E-state index in [2.05, 4.69) is 10.3 Å². The second-order valence-electron chi connectivity index (χ2n) is 3.38. The summed E-state index contributed by atoms with van der Waals surface area (Å²) in [6, 6.07) is 0.413. The fourth-order valence-electron chi connectivity index (χ4n) is 1.15. The van der Waals surface area contributed by atoms with Crippen LogP contribution in [-0.4, -0.2) is 16.9 Å². The minimum atomic E-state index is 0.0300. The normalized spacial score (nSPS) is 15.8. The van der Waals surface area contributed by atoms with E-state index >= 15 is 0 Å². The zero-order valence-corrected chi connectivity index (χ0v) is 7.54. The first-order valence-electron chi connectivity index (χ1n) is 4.44. The quantitative estimate of drug-likeness (QED) is 0.748. The minimum Gasteiger partial charge on any atom is -0.448 e. The molecule has 2 rings (SSSR count). The van der Waals surface area contributed by atoms with Crippen molar-refractivity contribution in [2.75, 3.05) is 0 Å². The van der Waals surface area contributed by atoms with Crippen molar-refractivity contribution in [3.8, 4) is 0 Å². The predicted molar refractivity (Wildman–Crippen MR) is 46.1 cm³/mol. The highest BCUT2D eigenvalue weighted by molar-refractivity contribution is 5.78. The van der Waals surface area contributed by atoms with Crippen LogP contribution in [0.2, 0.25) is 0 Å². The fourth-order valence-corrected chi connectivity index (χ4v) is 1.15. The van der Waals surface area contributed by atoms with E-state index in [-0.39, 0.29) is 5.91 Å². The molecule has 1 saturated carbocycles. The summed E-state index contributed by atoms with van der Waals surface area (Å²) in [6.07, 6.45) is 3.90. The van der Waals surface area contributed by atoms with Crippen molar-refractivity contribution in [3.63, 3.8) is 0 Å². The fraction of sp³-hybridized carbons (Fsp3) is 0.556. The standard InChI is InChI=1S/C9H12N2O2/c1-6-8(13-5-10-6)4-9(12)11-7-2-3-7/h5,7H,2-4H2,1H3,(H,11,12). The molecule has 0 aromatic carbocycles. The van der Waals surface area contributed by atoms with Crippen molar-refractivity contribution in [3.05, 3.63) is 17.8 Å². The number of hydrogen-bond donors (Lipinski definition) is 1. The van der Waals surface area contributed by atoms with E-state index in [1.165, 1.54) is 6.39 Å². The number of nitrogens with zero attached hydrogens (tertiary/aromatic N) is 1. The third-order valence-electron chi connectivity index (χ3n) is 2.11. The number of amides is 1. The van der Waals surface area contributed by atoms with Gasteiger partial charge in [-0.15, -0.1) is 0 Å². The van der Waals surface area contributed by atoms with Gasteiger partial charge in [0.05, 0.1) is 12.1 Å². The highest BCUT2D eigenvalue weighted by atomic mass is 16.3. The van der Waals surface area contributed by atoms with E-state index in [1.807, 2.05) is 6.92 Å². The zero-order valence-electron chi connectivity index (χ0n) is 7.54. The van der Waals surface area contributed by atoms with E-state index in [0.717, 1.165) is 18.5 Å². The van der Waals surface area contributed by atoms with Gasteiger partial charge in [-0.2, -0.15) is 0 Å². The van der Waals surface area contributed by atoms with Crippen LogP contribution in [0.3, 0.4) is 0 Å². The Labute approximate surface area is 76.3 Å². The molecule has 0 saturated heterocycles. The van der Waals surface area contributed by atoms with Crippen LogP contribution in [0.5, 0.6) is 0 Å². The largest absolute Gasteiger partial charge is 0.448 e. The summed E-state index contributed by atoms with van der Waals surface area (Å²) in [5, 5.41) is 2.89. The summed E-state index contributed by atoms with van der Waals surface area (Å²) in [6.45, 7) is 1.84. The number of oxazole rings is 1. The molecule has 0 spiro atoms. The van der Waals surface area contributed by atoms with Crippen molar-refractivity contribution in [2.24, 2.45) is 0 Å². The van der Waals surface area contributed by atoms with Crippen LogP contribution in [-0.2, 0) is 11.2 Å². The highest BCUT2D eigenvalue weighted by Crippen LogP contribution is 2.18. The summed E-state index contributed by atoms with van der Waals surface area (Å²) < 4.78 is 5.06. The van der Waals surface area contributed by atoms with Gasteiger partial charge in [-0.25, -0.2) is 4.98 Å². The molecule has 1 aromatic rings. The maximum absolute atomic E-state index is 11.3. The van der Waals surface area contributed by atoms with Crippen molar-refractivity contribution < 1.29 is 9.21 Å². The van der Waals surface area contributed by atoms with E-state index < -0.39 is 0 Å². The van der Waals surface area contributed by atoms with Crippen molar-refractivity contribution in [1.29, 1.82) is 0 Å². The maximum Gasteiger partial charge on any atom is 0.227 e. The molecule has 1 N–H and O–H groups in total. The molecule has 0 aliphatic heterocycles. The van der Waals surface area contributed by atoms with Gasteiger partial charge in [0.15, 0.2) is 6.39 Å². The minimum absolute atomic E-state index is 0.0300. The van der Waals surface area contributed by atoms with Crippen molar-refractivity contribution in [1.82, 2.24) is 10.3 Å². The Morgan fingerprint density at radius 3 is 3.08 bits per heavy atom. The van der Waals surface area contributed by atoms with E-state index in [1.54, 1.807) is 0 Å². The van der Waals surface area contributed by atoms with Gasteiger partial charge in [0.1, 0.15) is 5.76 Å². The smallest absolute Gasteiger partial charge is 0.227 e. The van der Waals surface area contributed by atoms with Gasteiger partial charge in [-0.05, 0) is 19.8 Å². The molecule has 1 aliphatic carbocycles. The number of carbonyl (C=O) groups excluding carboxylic acids is 1. The third kappa shape index (κ3) is 2.08.